The molecule has 0 spiro atoms. The second kappa shape index (κ2) is 4.12. The molecule has 0 aliphatic carbocycles. The summed E-state index contributed by atoms with van der Waals surface area (Å²) in [5.74, 6) is 0. The molecule has 0 aromatic rings. The van der Waals surface area contributed by atoms with Gasteiger partial charge in [-0.1, -0.05) is 0 Å². The average Bonchev–Trinajstić information content (AvgIpc) is 2.52. The normalized spacial score (nSPS) is 17.7. The van der Waals surface area contributed by atoms with Gasteiger partial charge in [0, 0.05) is 0 Å². The first-order chi connectivity index (χ1) is 7.08. The van der Waals surface area contributed by atoms with Gasteiger partial charge in [-0.2, -0.15) is 4.99 Å². The summed E-state index contributed by atoms with van der Waals surface area (Å²) in [6.07, 6.45) is 2.63. The second-order valence-electron chi connectivity index (χ2n) is 3.25. The topological polar surface area (TPSA) is 152 Å². The Hall–Kier alpha value is -0.400. The summed E-state index contributed by atoms with van der Waals surface area (Å²) in [4.78, 5) is 37.9. The van der Waals surface area contributed by atoms with Gasteiger partial charge in [-0.3, -0.25) is 9.13 Å². The van der Waals surface area contributed by atoms with Crippen molar-refractivity contribution in [3.8, 4) is 0 Å². The Morgan fingerprint density at radius 2 is 1.75 bits per heavy atom. The predicted octanol–water partition coefficient (Wildman–Crippen LogP) is -3.81. The highest BCUT2D eigenvalue weighted by atomic mass is 31.2. The number of hydrogen-bond acceptors (Lipinski definition) is 3. The van der Waals surface area contributed by atoms with Crippen LogP contribution >= 0.6 is 15.2 Å². The van der Waals surface area contributed by atoms with Gasteiger partial charge in [0.1, 0.15) is 0 Å². The van der Waals surface area contributed by atoms with Gasteiger partial charge in [-0.15, -0.1) is 4.58 Å². The lowest BCUT2D eigenvalue weighted by Crippen LogP contribution is -2.67. The van der Waals surface area contributed by atoms with Crippen molar-refractivity contribution in [3.05, 3.63) is 0 Å². The Balaban J connectivity index is 3.12. The molecule has 0 aromatic carbocycles. The van der Waals surface area contributed by atoms with Gasteiger partial charge in [-0.25, -0.2) is 0 Å². The second-order valence-corrected chi connectivity index (χ2v) is 7.26. The molecule has 0 radical (unpaired) electrons. The molecule has 0 amide bonds. The van der Waals surface area contributed by atoms with Crippen LogP contribution in [-0.2, 0) is 9.13 Å². The largest absolute Gasteiger partial charge is 0.400 e. The summed E-state index contributed by atoms with van der Waals surface area (Å²) < 4.78 is 23.0. The van der Waals surface area contributed by atoms with Crippen molar-refractivity contribution in [2.24, 2.45) is 0 Å². The number of rotatable bonds is 4. The minimum atomic E-state index is -5.38. The SMILES string of the molecule is O=P(O)(O)C(O)(C[N+]1=CC[NH+]=C1)P(=O)(O)O. The third kappa shape index (κ3) is 2.46. The van der Waals surface area contributed by atoms with E-state index in [4.69, 9.17) is 19.6 Å². The molecule has 0 aromatic heterocycles. The Bertz CT molecular complexity index is 410. The van der Waals surface area contributed by atoms with Crippen molar-refractivity contribution in [1.29, 1.82) is 0 Å². The summed E-state index contributed by atoms with van der Waals surface area (Å²) in [5, 5.41) is 6.11. The number of aliphatic hydroxyl groups is 1. The number of nitrogens with zero attached hydrogens (tertiary/aromatic N) is 1. The molecule has 1 aliphatic rings. The van der Waals surface area contributed by atoms with Gasteiger partial charge in [0.2, 0.25) is 19.3 Å². The average molecular weight is 274 g/mol. The summed E-state index contributed by atoms with van der Waals surface area (Å²) in [6.45, 7) is -0.549. The lowest BCUT2D eigenvalue weighted by molar-refractivity contribution is -0.487. The summed E-state index contributed by atoms with van der Waals surface area (Å²) >= 11 is 0. The van der Waals surface area contributed by atoms with Crippen LogP contribution in [0.2, 0.25) is 0 Å². The van der Waals surface area contributed by atoms with E-state index in [0.717, 1.165) is 4.58 Å². The van der Waals surface area contributed by atoms with Crippen LogP contribution in [0.15, 0.2) is 0 Å². The molecule has 0 unspecified atom stereocenters. The highest BCUT2D eigenvalue weighted by Gasteiger charge is 2.63. The standard InChI is InChI=1S/C5H10N2O7P2/c8-5(15(9,10)11,16(12,13)14)3-7-2-1-6-4-7/h2,4,8H,1,3H2,(H3-,9,10,11,12,13,14)/p+2. The number of β-amino-alcohol motifs (C(OH)–C–C–N with tert-alkyl or cyclic N) is 1. The number of nitrogens with one attached hydrogen (secondary N) is 1. The molecule has 1 heterocycles. The summed E-state index contributed by atoms with van der Waals surface area (Å²) in [7, 11) is -10.8. The molecule has 16 heavy (non-hydrogen) atoms. The summed E-state index contributed by atoms with van der Waals surface area (Å²) in [6, 6.07) is 0. The zero-order valence-corrected chi connectivity index (χ0v) is 9.75. The Morgan fingerprint density at radius 3 is 2.06 bits per heavy atom. The molecule has 0 saturated heterocycles. The zero-order valence-electron chi connectivity index (χ0n) is 7.96. The van der Waals surface area contributed by atoms with Crippen LogP contribution in [0.1, 0.15) is 0 Å². The van der Waals surface area contributed by atoms with E-state index < -0.39 is 26.8 Å². The van der Waals surface area contributed by atoms with Crippen molar-refractivity contribution in [1.82, 2.24) is 0 Å². The molecular formula is C5H12N2O7P2+2. The Morgan fingerprint density at radius 1 is 1.25 bits per heavy atom. The Labute approximate surface area is 90.1 Å². The van der Waals surface area contributed by atoms with Crippen LogP contribution in [0.25, 0.3) is 0 Å². The van der Waals surface area contributed by atoms with Crippen LogP contribution in [-0.4, -0.2) is 60.0 Å². The fourth-order valence-electron chi connectivity index (χ4n) is 1.10. The smallest absolute Gasteiger partial charge is 0.363 e. The fourth-order valence-corrected chi connectivity index (χ4v) is 3.15. The Kier molecular flexibility index (Phi) is 3.52. The molecule has 11 heteroatoms. The van der Waals surface area contributed by atoms with Gasteiger partial charge in [-0.05, 0) is 0 Å². The van der Waals surface area contributed by atoms with E-state index in [1.807, 2.05) is 0 Å². The van der Waals surface area contributed by atoms with Crippen LogP contribution in [0.5, 0.6) is 0 Å². The predicted molar refractivity (Wildman–Crippen MR) is 52.1 cm³/mol. The van der Waals surface area contributed by atoms with E-state index in [1.54, 1.807) is 0 Å². The van der Waals surface area contributed by atoms with Gasteiger partial charge < -0.3 is 24.7 Å². The van der Waals surface area contributed by atoms with Crippen molar-refractivity contribution in [2.45, 2.75) is 5.08 Å². The van der Waals surface area contributed by atoms with Crippen molar-refractivity contribution < 1.29 is 43.4 Å². The van der Waals surface area contributed by atoms with E-state index in [0.29, 0.717) is 6.54 Å². The molecule has 9 nitrogen and oxygen atoms in total. The first-order valence-corrected chi connectivity index (χ1v) is 7.30. The molecule has 0 atom stereocenters. The maximum atomic E-state index is 11.0. The van der Waals surface area contributed by atoms with Crippen molar-refractivity contribution >= 4 is 27.7 Å². The van der Waals surface area contributed by atoms with Crippen molar-refractivity contribution in [3.63, 3.8) is 0 Å². The molecule has 1 aliphatic heterocycles. The molecule has 6 N–H and O–H groups in total. The van der Waals surface area contributed by atoms with E-state index in [-0.39, 0.29) is 0 Å². The van der Waals surface area contributed by atoms with E-state index >= 15 is 0 Å². The lowest BCUT2D eigenvalue weighted by atomic mass is 10.6. The minimum absolute atomic E-state index is 0.346. The van der Waals surface area contributed by atoms with Gasteiger partial charge in [0.05, 0.1) is 0 Å². The molecular weight excluding hydrogens is 262 g/mol. The van der Waals surface area contributed by atoms with E-state index in [9.17, 15) is 14.2 Å². The van der Waals surface area contributed by atoms with Gasteiger partial charge in [0.15, 0.2) is 0 Å². The first kappa shape index (κ1) is 13.7. The lowest BCUT2D eigenvalue weighted by Gasteiger charge is -2.25. The third-order valence-electron chi connectivity index (χ3n) is 2.03. The summed E-state index contributed by atoms with van der Waals surface area (Å²) in [5.41, 5.74) is 0. The monoisotopic (exact) mass is 274 g/mol. The van der Waals surface area contributed by atoms with Crippen LogP contribution < -0.4 is 4.99 Å². The van der Waals surface area contributed by atoms with Gasteiger partial charge in [0.25, 0.3) is 0 Å². The quantitative estimate of drug-likeness (QED) is 0.227. The van der Waals surface area contributed by atoms with Crippen LogP contribution in [0, 0.1) is 0 Å². The van der Waals surface area contributed by atoms with Crippen LogP contribution in [0.4, 0.5) is 0 Å². The third-order valence-corrected chi connectivity index (χ3v) is 5.74. The molecule has 0 fully saturated rings. The van der Waals surface area contributed by atoms with Crippen molar-refractivity contribution in [2.75, 3.05) is 13.1 Å². The van der Waals surface area contributed by atoms with Crippen LogP contribution in [0.3, 0.4) is 0 Å². The molecule has 0 bridgehead atoms. The minimum Gasteiger partial charge on any atom is -0.363 e. The highest BCUT2D eigenvalue weighted by molar-refractivity contribution is 7.72. The maximum absolute atomic E-state index is 11.0. The first-order valence-electron chi connectivity index (χ1n) is 4.07. The molecule has 92 valence electrons. The molecule has 1 rings (SSSR count). The maximum Gasteiger partial charge on any atom is 0.400 e. The fraction of sp³-hybridized carbons (Fsp3) is 0.600. The van der Waals surface area contributed by atoms with E-state index in [1.165, 1.54) is 12.6 Å². The highest BCUT2D eigenvalue weighted by Crippen LogP contribution is 2.67. The zero-order chi connectivity index (χ0) is 12.6. The van der Waals surface area contributed by atoms with E-state index in [2.05, 4.69) is 4.99 Å². The van der Waals surface area contributed by atoms with Gasteiger partial charge >= 0.3 is 26.6 Å². The number of hydrogen-bond donors (Lipinski definition) is 6. The molecule has 0 saturated carbocycles.